The second kappa shape index (κ2) is 7.71. The molecule has 5 heteroatoms. The predicted octanol–water partition coefficient (Wildman–Crippen LogP) is 3.83. The Labute approximate surface area is 147 Å². The lowest BCUT2D eigenvalue weighted by atomic mass is 10.0. The van der Waals surface area contributed by atoms with Gasteiger partial charge in [0.25, 0.3) is 0 Å². The van der Waals surface area contributed by atoms with Crippen molar-refractivity contribution in [2.45, 2.75) is 19.4 Å². The van der Waals surface area contributed by atoms with Crippen molar-refractivity contribution in [1.82, 2.24) is 4.90 Å². The molecule has 0 aromatic heterocycles. The highest BCUT2D eigenvalue weighted by Crippen LogP contribution is 2.26. The Morgan fingerprint density at radius 2 is 2.00 bits per heavy atom. The maximum absolute atomic E-state index is 11.8. The Kier molecular flexibility index (Phi) is 5.20. The number of benzene rings is 2. The maximum atomic E-state index is 11.8. The lowest BCUT2D eigenvalue weighted by Gasteiger charge is -2.17. The summed E-state index contributed by atoms with van der Waals surface area (Å²) in [6, 6.07) is 17.4. The lowest BCUT2D eigenvalue weighted by Crippen LogP contribution is -2.31. The van der Waals surface area contributed by atoms with E-state index in [4.69, 9.17) is 14.7 Å². The van der Waals surface area contributed by atoms with Crippen molar-refractivity contribution in [3.05, 3.63) is 54.1 Å². The predicted molar refractivity (Wildman–Crippen MR) is 94.2 cm³/mol. The first-order chi connectivity index (χ1) is 12.2. The third kappa shape index (κ3) is 4.10. The number of carbonyl (C=O) groups excluding carboxylic acids is 1. The Balaban J connectivity index is 1.68. The number of nitrogens with zero attached hydrogens (tertiary/aromatic N) is 2. The Hall–Kier alpha value is -3.00. The molecular weight excluding hydrogens is 316 g/mol. The molecule has 1 aliphatic rings. The van der Waals surface area contributed by atoms with Gasteiger partial charge in [0.05, 0.1) is 24.8 Å². The highest BCUT2D eigenvalue weighted by atomic mass is 16.6. The molecule has 0 spiro atoms. The molecule has 1 saturated heterocycles. The molecule has 1 amide bonds. The van der Waals surface area contributed by atoms with E-state index in [9.17, 15) is 4.79 Å². The Morgan fingerprint density at radius 3 is 2.76 bits per heavy atom. The minimum absolute atomic E-state index is 0.0369. The Bertz CT molecular complexity index is 798. The largest absolute Gasteiger partial charge is 0.488 e. The van der Waals surface area contributed by atoms with Gasteiger partial charge in [0, 0.05) is 13.0 Å². The van der Waals surface area contributed by atoms with Crippen LogP contribution in [0.2, 0.25) is 0 Å². The number of likely N-dealkylation sites (tertiary alicyclic amines) is 1. The van der Waals surface area contributed by atoms with Crippen molar-refractivity contribution in [3.8, 4) is 22.9 Å². The number of ether oxygens (including phenoxy) is 2. The third-order valence-electron chi connectivity index (χ3n) is 4.13. The molecule has 25 heavy (non-hydrogen) atoms. The van der Waals surface area contributed by atoms with Gasteiger partial charge in [0.2, 0.25) is 0 Å². The van der Waals surface area contributed by atoms with Gasteiger partial charge >= 0.3 is 6.09 Å². The average molecular weight is 336 g/mol. The molecule has 2 aromatic carbocycles. The minimum atomic E-state index is -0.282. The van der Waals surface area contributed by atoms with Crippen molar-refractivity contribution in [3.63, 3.8) is 0 Å². The fourth-order valence-corrected chi connectivity index (χ4v) is 2.91. The fourth-order valence-electron chi connectivity index (χ4n) is 2.91. The monoisotopic (exact) mass is 336 g/mol. The third-order valence-corrected chi connectivity index (χ3v) is 4.13. The van der Waals surface area contributed by atoms with E-state index >= 15 is 0 Å². The van der Waals surface area contributed by atoms with Crippen LogP contribution in [0.1, 0.15) is 18.9 Å². The van der Waals surface area contributed by atoms with Gasteiger partial charge in [-0.3, -0.25) is 0 Å². The summed E-state index contributed by atoms with van der Waals surface area (Å²) in [5.41, 5.74) is 2.60. The smallest absolute Gasteiger partial charge is 0.409 e. The molecule has 1 aliphatic heterocycles. The van der Waals surface area contributed by atoms with E-state index in [-0.39, 0.29) is 12.2 Å². The average Bonchev–Trinajstić information content (AvgIpc) is 3.11. The summed E-state index contributed by atoms with van der Waals surface area (Å²) in [5.74, 6) is 0.760. The van der Waals surface area contributed by atoms with Crippen LogP contribution in [0, 0.1) is 11.3 Å². The lowest BCUT2D eigenvalue weighted by molar-refractivity contribution is 0.110. The molecule has 2 aromatic rings. The van der Waals surface area contributed by atoms with Crippen LogP contribution < -0.4 is 4.74 Å². The van der Waals surface area contributed by atoms with Gasteiger partial charge in [0.1, 0.15) is 11.9 Å². The summed E-state index contributed by atoms with van der Waals surface area (Å²) >= 11 is 0. The van der Waals surface area contributed by atoms with Crippen molar-refractivity contribution in [2.75, 3.05) is 19.7 Å². The fraction of sp³-hybridized carbons (Fsp3) is 0.300. The summed E-state index contributed by atoms with van der Waals surface area (Å²) in [7, 11) is 0. The Morgan fingerprint density at radius 1 is 1.24 bits per heavy atom. The molecule has 0 saturated carbocycles. The molecule has 1 atom stereocenters. The summed E-state index contributed by atoms with van der Waals surface area (Å²) in [6.45, 7) is 3.36. The van der Waals surface area contributed by atoms with Crippen LogP contribution in [-0.4, -0.2) is 36.8 Å². The zero-order chi connectivity index (χ0) is 17.6. The van der Waals surface area contributed by atoms with E-state index < -0.39 is 0 Å². The number of amides is 1. The van der Waals surface area contributed by atoms with Crippen LogP contribution >= 0.6 is 0 Å². The highest BCUT2D eigenvalue weighted by molar-refractivity contribution is 5.68. The summed E-state index contributed by atoms with van der Waals surface area (Å²) < 4.78 is 11.1. The van der Waals surface area contributed by atoms with E-state index in [1.54, 1.807) is 17.9 Å². The van der Waals surface area contributed by atoms with E-state index in [2.05, 4.69) is 6.07 Å². The number of hydrogen-bond donors (Lipinski definition) is 0. The first-order valence-corrected chi connectivity index (χ1v) is 8.38. The summed E-state index contributed by atoms with van der Waals surface area (Å²) in [6.07, 6.45) is 0.466. The second-order valence-electron chi connectivity index (χ2n) is 5.89. The van der Waals surface area contributed by atoms with Crippen molar-refractivity contribution < 1.29 is 14.3 Å². The molecule has 0 aliphatic carbocycles. The van der Waals surface area contributed by atoms with Crippen LogP contribution in [-0.2, 0) is 4.74 Å². The molecule has 5 nitrogen and oxygen atoms in total. The number of rotatable bonds is 4. The van der Waals surface area contributed by atoms with Crippen molar-refractivity contribution in [1.29, 1.82) is 5.26 Å². The van der Waals surface area contributed by atoms with E-state index in [1.165, 1.54) is 0 Å². The topological polar surface area (TPSA) is 62.6 Å². The van der Waals surface area contributed by atoms with Gasteiger partial charge in [-0.05, 0) is 42.3 Å². The molecule has 0 N–H and O–H groups in total. The van der Waals surface area contributed by atoms with Gasteiger partial charge in [-0.25, -0.2) is 4.79 Å². The van der Waals surface area contributed by atoms with Crippen LogP contribution in [0.4, 0.5) is 4.79 Å². The molecule has 0 bridgehead atoms. The first kappa shape index (κ1) is 16.8. The van der Waals surface area contributed by atoms with Gasteiger partial charge in [0.15, 0.2) is 0 Å². The van der Waals surface area contributed by atoms with Gasteiger partial charge in [-0.1, -0.05) is 24.3 Å². The summed E-state index contributed by atoms with van der Waals surface area (Å²) in [5, 5.41) is 9.04. The van der Waals surface area contributed by atoms with Crippen LogP contribution in [0.5, 0.6) is 5.75 Å². The maximum Gasteiger partial charge on any atom is 0.409 e. The molecule has 0 radical (unpaired) electrons. The first-order valence-electron chi connectivity index (χ1n) is 8.38. The molecular formula is C20H20N2O3. The van der Waals surface area contributed by atoms with E-state index in [1.807, 2.05) is 42.5 Å². The highest BCUT2D eigenvalue weighted by Gasteiger charge is 2.28. The van der Waals surface area contributed by atoms with E-state index in [0.29, 0.717) is 25.3 Å². The van der Waals surface area contributed by atoms with Crippen molar-refractivity contribution in [2.24, 2.45) is 0 Å². The summed E-state index contributed by atoms with van der Waals surface area (Å²) in [4.78, 5) is 13.4. The minimum Gasteiger partial charge on any atom is -0.488 e. The molecule has 1 heterocycles. The van der Waals surface area contributed by atoms with Crippen molar-refractivity contribution >= 4 is 6.09 Å². The second-order valence-corrected chi connectivity index (χ2v) is 5.89. The number of nitriles is 1. The molecule has 3 rings (SSSR count). The van der Waals surface area contributed by atoms with Gasteiger partial charge in [-0.15, -0.1) is 0 Å². The molecule has 1 fully saturated rings. The van der Waals surface area contributed by atoms with Gasteiger partial charge in [-0.2, -0.15) is 5.26 Å². The quantitative estimate of drug-likeness (QED) is 0.851. The standard InChI is InChI=1S/C20H20N2O3/c1-2-24-20(23)22-10-9-19(14-22)25-18-8-4-7-17(12-18)16-6-3-5-15(11-16)13-21/h3-8,11-12,19H,2,9-10,14H2,1H3/t19-/m1/s1. The zero-order valence-electron chi connectivity index (χ0n) is 14.1. The molecule has 128 valence electrons. The van der Waals surface area contributed by atoms with Crippen LogP contribution in [0.15, 0.2) is 48.5 Å². The van der Waals surface area contributed by atoms with Crippen LogP contribution in [0.3, 0.4) is 0 Å². The SMILES string of the molecule is CCOC(=O)N1CC[C@@H](Oc2cccc(-c3cccc(C#N)c3)c2)C1. The van der Waals surface area contributed by atoms with E-state index in [0.717, 1.165) is 23.3 Å². The van der Waals surface area contributed by atoms with Gasteiger partial charge < -0.3 is 14.4 Å². The zero-order valence-corrected chi connectivity index (χ0v) is 14.1. The number of carbonyl (C=O) groups is 1. The number of hydrogen-bond acceptors (Lipinski definition) is 4. The normalized spacial score (nSPS) is 16.3. The van der Waals surface area contributed by atoms with Crippen LogP contribution in [0.25, 0.3) is 11.1 Å². The molecule has 0 unspecified atom stereocenters.